The summed E-state index contributed by atoms with van der Waals surface area (Å²) in [5.74, 6) is 1.32. The van der Waals surface area contributed by atoms with Crippen LogP contribution in [-0.4, -0.2) is 4.98 Å². The standard InChI is InChI=1S/C16H21N3/c1-11(2)14-6-4-13(5-7-14)10-19-16-15(17)12(3)8-9-18-16/h4-9,11H,10,17H2,1-3H3,(H,18,19). The minimum absolute atomic E-state index is 0.566. The van der Waals surface area contributed by atoms with Gasteiger partial charge in [-0.15, -0.1) is 0 Å². The Hall–Kier alpha value is -2.03. The molecule has 1 heterocycles. The molecule has 0 saturated heterocycles. The first kappa shape index (κ1) is 13.4. The van der Waals surface area contributed by atoms with Gasteiger partial charge in [-0.1, -0.05) is 38.1 Å². The van der Waals surface area contributed by atoms with Crippen LogP contribution >= 0.6 is 0 Å². The molecule has 0 aliphatic carbocycles. The molecule has 1 aromatic carbocycles. The Balaban J connectivity index is 2.04. The molecule has 0 atom stereocenters. The van der Waals surface area contributed by atoms with Crippen LogP contribution < -0.4 is 11.1 Å². The van der Waals surface area contributed by atoms with Crippen molar-refractivity contribution in [2.75, 3.05) is 11.1 Å². The molecule has 0 aliphatic heterocycles. The summed E-state index contributed by atoms with van der Waals surface area (Å²) in [4.78, 5) is 4.26. The zero-order chi connectivity index (χ0) is 13.8. The SMILES string of the molecule is Cc1ccnc(NCc2ccc(C(C)C)cc2)c1N. The Kier molecular flexibility index (Phi) is 4.05. The summed E-state index contributed by atoms with van der Waals surface area (Å²) in [7, 11) is 0. The molecule has 3 N–H and O–H groups in total. The summed E-state index contributed by atoms with van der Waals surface area (Å²) in [6.07, 6.45) is 1.77. The van der Waals surface area contributed by atoms with E-state index in [9.17, 15) is 0 Å². The maximum absolute atomic E-state index is 5.99. The Morgan fingerprint density at radius 1 is 1.16 bits per heavy atom. The van der Waals surface area contributed by atoms with Crippen molar-refractivity contribution in [3.63, 3.8) is 0 Å². The largest absolute Gasteiger partial charge is 0.396 e. The number of hydrogen-bond acceptors (Lipinski definition) is 3. The number of nitrogen functional groups attached to an aromatic ring is 1. The second-order valence-corrected chi connectivity index (χ2v) is 5.14. The lowest BCUT2D eigenvalue weighted by Gasteiger charge is -2.11. The quantitative estimate of drug-likeness (QED) is 0.875. The summed E-state index contributed by atoms with van der Waals surface area (Å²) in [6.45, 7) is 7.12. The first-order valence-corrected chi connectivity index (χ1v) is 6.61. The maximum Gasteiger partial charge on any atom is 0.149 e. The van der Waals surface area contributed by atoms with E-state index in [-0.39, 0.29) is 0 Å². The van der Waals surface area contributed by atoms with Gasteiger partial charge < -0.3 is 11.1 Å². The van der Waals surface area contributed by atoms with Crippen LogP contribution in [-0.2, 0) is 6.54 Å². The fourth-order valence-electron chi connectivity index (χ4n) is 1.92. The van der Waals surface area contributed by atoms with Crippen molar-refractivity contribution in [3.05, 3.63) is 53.2 Å². The van der Waals surface area contributed by atoms with Crippen LogP contribution in [0.1, 0.15) is 36.5 Å². The summed E-state index contributed by atoms with van der Waals surface area (Å²) >= 11 is 0. The number of anilines is 2. The number of nitrogens with zero attached hydrogens (tertiary/aromatic N) is 1. The predicted molar refractivity (Wildman–Crippen MR) is 81.2 cm³/mol. The van der Waals surface area contributed by atoms with E-state index < -0.39 is 0 Å². The molecule has 0 unspecified atom stereocenters. The molecule has 100 valence electrons. The molecule has 0 saturated carbocycles. The van der Waals surface area contributed by atoms with Crippen LogP contribution in [0.3, 0.4) is 0 Å². The third-order valence-corrected chi connectivity index (χ3v) is 3.31. The van der Waals surface area contributed by atoms with E-state index in [2.05, 4.69) is 48.4 Å². The van der Waals surface area contributed by atoms with Crippen molar-refractivity contribution in [2.24, 2.45) is 0 Å². The number of rotatable bonds is 4. The average molecular weight is 255 g/mol. The highest BCUT2D eigenvalue weighted by atomic mass is 15.0. The van der Waals surface area contributed by atoms with E-state index in [1.54, 1.807) is 6.20 Å². The molecule has 2 rings (SSSR count). The van der Waals surface area contributed by atoms with Gasteiger partial charge in [-0.25, -0.2) is 4.98 Å². The van der Waals surface area contributed by atoms with Gasteiger partial charge in [0.05, 0.1) is 5.69 Å². The lowest BCUT2D eigenvalue weighted by molar-refractivity contribution is 0.865. The van der Waals surface area contributed by atoms with E-state index in [1.165, 1.54) is 11.1 Å². The van der Waals surface area contributed by atoms with Crippen LogP contribution in [0.4, 0.5) is 11.5 Å². The second kappa shape index (κ2) is 5.74. The smallest absolute Gasteiger partial charge is 0.149 e. The lowest BCUT2D eigenvalue weighted by Crippen LogP contribution is -2.05. The van der Waals surface area contributed by atoms with Gasteiger partial charge in [0.2, 0.25) is 0 Å². The molecule has 0 bridgehead atoms. The molecular weight excluding hydrogens is 234 g/mol. The van der Waals surface area contributed by atoms with Gasteiger partial charge in [0, 0.05) is 12.7 Å². The van der Waals surface area contributed by atoms with Crippen LogP contribution in [0, 0.1) is 6.92 Å². The van der Waals surface area contributed by atoms with Gasteiger partial charge in [-0.3, -0.25) is 0 Å². The Morgan fingerprint density at radius 2 is 1.84 bits per heavy atom. The van der Waals surface area contributed by atoms with E-state index in [0.717, 1.165) is 23.6 Å². The number of hydrogen-bond donors (Lipinski definition) is 2. The molecule has 0 fully saturated rings. The third kappa shape index (κ3) is 3.25. The number of nitrogens with one attached hydrogen (secondary N) is 1. The molecule has 0 spiro atoms. The highest BCUT2D eigenvalue weighted by Crippen LogP contribution is 2.20. The molecule has 0 radical (unpaired) electrons. The van der Waals surface area contributed by atoms with Gasteiger partial charge in [-0.05, 0) is 35.6 Å². The summed E-state index contributed by atoms with van der Waals surface area (Å²) < 4.78 is 0. The summed E-state index contributed by atoms with van der Waals surface area (Å²) in [6, 6.07) is 10.6. The van der Waals surface area contributed by atoms with Crippen LogP contribution in [0.25, 0.3) is 0 Å². The van der Waals surface area contributed by atoms with Crippen LogP contribution in [0.5, 0.6) is 0 Å². The second-order valence-electron chi connectivity index (χ2n) is 5.14. The fraction of sp³-hybridized carbons (Fsp3) is 0.312. The molecule has 0 amide bonds. The minimum atomic E-state index is 0.566. The highest BCUT2D eigenvalue weighted by Gasteiger charge is 2.03. The van der Waals surface area contributed by atoms with Crippen molar-refractivity contribution in [1.82, 2.24) is 4.98 Å². The van der Waals surface area contributed by atoms with Gasteiger partial charge in [0.25, 0.3) is 0 Å². The van der Waals surface area contributed by atoms with Crippen molar-refractivity contribution in [3.8, 4) is 0 Å². The monoisotopic (exact) mass is 255 g/mol. The van der Waals surface area contributed by atoms with E-state index in [1.807, 2.05) is 13.0 Å². The zero-order valence-corrected chi connectivity index (χ0v) is 11.8. The van der Waals surface area contributed by atoms with Crippen molar-refractivity contribution >= 4 is 11.5 Å². The average Bonchev–Trinajstić information content (AvgIpc) is 2.41. The van der Waals surface area contributed by atoms with E-state index in [0.29, 0.717) is 5.92 Å². The molecule has 0 aliphatic rings. The third-order valence-electron chi connectivity index (χ3n) is 3.31. The predicted octanol–water partition coefficient (Wildman–Crippen LogP) is 3.71. The normalized spacial score (nSPS) is 10.7. The number of nitrogens with two attached hydrogens (primary N) is 1. The van der Waals surface area contributed by atoms with Gasteiger partial charge in [-0.2, -0.15) is 0 Å². The Morgan fingerprint density at radius 3 is 2.47 bits per heavy atom. The number of benzene rings is 1. The molecule has 2 aromatic rings. The van der Waals surface area contributed by atoms with Crippen molar-refractivity contribution in [1.29, 1.82) is 0 Å². The number of aryl methyl sites for hydroxylation is 1. The first-order chi connectivity index (χ1) is 9.08. The fourth-order valence-corrected chi connectivity index (χ4v) is 1.92. The topological polar surface area (TPSA) is 50.9 Å². The number of aromatic nitrogens is 1. The Labute approximate surface area is 114 Å². The first-order valence-electron chi connectivity index (χ1n) is 6.61. The van der Waals surface area contributed by atoms with E-state index in [4.69, 9.17) is 5.73 Å². The molecule has 3 heteroatoms. The van der Waals surface area contributed by atoms with Crippen LogP contribution in [0.2, 0.25) is 0 Å². The maximum atomic E-state index is 5.99. The highest BCUT2D eigenvalue weighted by molar-refractivity contribution is 5.64. The van der Waals surface area contributed by atoms with Gasteiger partial charge in [0.15, 0.2) is 0 Å². The zero-order valence-electron chi connectivity index (χ0n) is 11.8. The van der Waals surface area contributed by atoms with E-state index >= 15 is 0 Å². The molecular formula is C16H21N3. The minimum Gasteiger partial charge on any atom is -0.396 e. The summed E-state index contributed by atoms with van der Waals surface area (Å²) in [5, 5.41) is 3.28. The van der Waals surface area contributed by atoms with Crippen molar-refractivity contribution in [2.45, 2.75) is 33.2 Å². The van der Waals surface area contributed by atoms with Crippen LogP contribution in [0.15, 0.2) is 36.5 Å². The van der Waals surface area contributed by atoms with Gasteiger partial charge >= 0.3 is 0 Å². The molecule has 1 aromatic heterocycles. The molecule has 3 nitrogen and oxygen atoms in total. The van der Waals surface area contributed by atoms with Crippen molar-refractivity contribution < 1.29 is 0 Å². The summed E-state index contributed by atoms with van der Waals surface area (Å²) in [5.41, 5.74) is 10.3. The lowest BCUT2D eigenvalue weighted by atomic mass is 10.0. The number of pyridine rings is 1. The Bertz CT molecular complexity index is 544. The van der Waals surface area contributed by atoms with Gasteiger partial charge in [0.1, 0.15) is 5.82 Å². The molecule has 19 heavy (non-hydrogen) atoms.